The Kier molecular flexibility index (Phi) is 2.70. The number of rotatable bonds is 2. The van der Waals surface area contributed by atoms with E-state index in [0.717, 1.165) is 6.54 Å². The first-order valence-electron chi connectivity index (χ1n) is 7.18. The second-order valence-corrected chi connectivity index (χ2v) is 5.49. The van der Waals surface area contributed by atoms with Gasteiger partial charge in [0.15, 0.2) is 0 Å². The minimum absolute atomic E-state index is 0.466. The summed E-state index contributed by atoms with van der Waals surface area (Å²) in [6.07, 6.45) is 2.20. The van der Waals surface area contributed by atoms with Crippen molar-refractivity contribution < 1.29 is 0 Å². The Labute approximate surface area is 119 Å². The molecule has 1 heteroatoms. The molecule has 1 nitrogen and oxygen atoms in total. The Morgan fingerprint density at radius 3 is 2.05 bits per heavy atom. The molecule has 0 spiro atoms. The van der Waals surface area contributed by atoms with Gasteiger partial charge in [0.2, 0.25) is 0 Å². The standard InChI is InChI=1S/C19H17N/c1-3-8-15(9-4-1)17-14-20-13-7-12-18(20)19(17)16-10-5-2-6-11-16/h1-13,17,19H,14H2. The van der Waals surface area contributed by atoms with Gasteiger partial charge in [-0.25, -0.2) is 0 Å². The SMILES string of the molecule is c1ccc(C2Cn3cccc3C2c2ccccc2)cc1. The summed E-state index contributed by atoms with van der Waals surface area (Å²) in [5.74, 6) is 1.00. The van der Waals surface area contributed by atoms with Crippen LogP contribution in [0.2, 0.25) is 0 Å². The monoisotopic (exact) mass is 259 g/mol. The molecule has 0 aliphatic carbocycles. The zero-order valence-electron chi connectivity index (χ0n) is 11.3. The fourth-order valence-corrected chi connectivity index (χ4v) is 3.46. The summed E-state index contributed by atoms with van der Waals surface area (Å²) in [6, 6.07) is 26.2. The predicted molar refractivity (Wildman–Crippen MR) is 81.9 cm³/mol. The molecular formula is C19H17N. The highest BCUT2D eigenvalue weighted by Crippen LogP contribution is 2.44. The van der Waals surface area contributed by atoms with Crippen LogP contribution in [0.4, 0.5) is 0 Å². The summed E-state index contributed by atoms with van der Waals surface area (Å²) < 4.78 is 2.40. The van der Waals surface area contributed by atoms with Gasteiger partial charge >= 0.3 is 0 Å². The van der Waals surface area contributed by atoms with Crippen LogP contribution < -0.4 is 0 Å². The zero-order chi connectivity index (χ0) is 13.4. The van der Waals surface area contributed by atoms with Crippen molar-refractivity contribution >= 4 is 0 Å². The van der Waals surface area contributed by atoms with Gasteiger partial charge in [0.05, 0.1) is 0 Å². The van der Waals surface area contributed by atoms with Crippen molar-refractivity contribution in [3.63, 3.8) is 0 Å². The molecule has 1 aromatic heterocycles. The van der Waals surface area contributed by atoms with Crippen LogP contribution in [-0.4, -0.2) is 4.57 Å². The molecule has 98 valence electrons. The minimum atomic E-state index is 0.466. The molecule has 1 aliphatic heterocycles. The number of hydrogen-bond acceptors (Lipinski definition) is 0. The first-order valence-corrected chi connectivity index (χ1v) is 7.18. The second kappa shape index (κ2) is 4.68. The zero-order valence-corrected chi connectivity index (χ0v) is 11.3. The average molecular weight is 259 g/mol. The maximum Gasteiger partial charge on any atom is 0.0328 e. The van der Waals surface area contributed by atoms with Gasteiger partial charge in [0.25, 0.3) is 0 Å². The summed E-state index contributed by atoms with van der Waals surface area (Å²) in [5, 5.41) is 0. The van der Waals surface area contributed by atoms with Crippen LogP contribution in [0.5, 0.6) is 0 Å². The largest absolute Gasteiger partial charge is 0.350 e. The van der Waals surface area contributed by atoms with Gasteiger partial charge in [-0.2, -0.15) is 0 Å². The summed E-state index contributed by atoms with van der Waals surface area (Å²) in [5.41, 5.74) is 4.29. The quantitative estimate of drug-likeness (QED) is 0.642. The molecule has 4 rings (SSSR count). The maximum absolute atomic E-state index is 2.40. The lowest BCUT2D eigenvalue weighted by molar-refractivity contribution is 0.611. The Morgan fingerprint density at radius 2 is 1.35 bits per heavy atom. The van der Waals surface area contributed by atoms with E-state index in [1.54, 1.807) is 0 Å². The van der Waals surface area contributed by atoms with Gasteiger partial charge in [-0.1, -0.05) is 60.7 Å². The van der Waals surface area contributed by atoms with Crippen LogP contribution >= 0.6 is 0 Å². The van der Waals surface area contributed by atoms with Crippen LogP contribution in [0.15, 0.2) is 79.0 Å². The van der Waals surface area contributed by atoms with Crippen molar-refractivity contribution in [2.24, 2.45) is 0 Å². The molecule has 0 N–H and O–H groups in total. The molecule has 1 aliphatic rings. The Balaban J connectivity index is 1.83. The normalized spacial score (nSPS) is 20.8. The molecule has 2 aromatic carbocycles. The van der Waals surface area contributed by atoms with E-state index in [0.29, 0.717) is 11.8 Å². The number of benzene rings is 2. The lowest BCUT2D eigenvalue weighted by atomic mass is 9.82. The Hall–Kier alpha value is -2.28. The second-order valence-electron chi connectivity index (χ2n) is 5.49. The molecule has 2 heterocycles. The van der Waals surface area contributed by atoms with Crippen molar-refractivity contribution in [1.29, 1.82) is 0 Å². The molecule has 0 amide bonds. The van der Waals surface area contributed by atoms with Gasteiger partial charge in [-0.15, -0.1) is 0 Å². The van der Waals surface area contributed by atoms with Crippen LogP contribution in [0.25, 0.3) is 0 Å². The van der Waals surface area contributed by atoms with E-state index in [1.807, 2.05) is 0 Å². The van der Waals surface area contributed by atoms with Gasteiger partial charge in [-0.3, -0.25) is 0 Å². The first-order chi connectivity index (χ1) is 9.93. The predicted octanol–water partition coefficient (Wildman–Crippen LogP) is 4.42. The molecule has 0 radical (unpaired) electrons. The topological polar surface area (TPSA) is 4.93 Å². The van der Waals surface area contributed by atoms with E-state index in [2.05, 4.69) is 83.6 Å². The molecule has 0 saturated carbocycles. The van der Waals surface area contributed by atoms with E-state index < -0.39 is 0 Å². The lowest BCUT2D eigenvalue weighted by Gasteiger charge is -2.20. The molecule has 2 atom stereocenters. The van der Waals surface area contributed by atoms with Crippen molar-refractivity contribution in [3.8, 4) is 0 Å². The average Bonchev–Trinajstić information content (AvgIpc) is 3.09. The van der Waals surface area contributed by atoms with Crippen LogP contribution in [0, 0.1) is 0 Å². The third-order valence-corrected chi connectivity index (χ3v) is 4.37. The fourth-order valence-electron chi connectivity index (χ4n) is 3.46. The fraction of sp³-hybridized carbons (Fsp3) is 0.158. The minimum Gasteiger partial charge on any atom is -0.350 e. The van der Waals surface area contributed by atoms with Gasteiger partial charge in [-0.05, 0) is 23.3 Å². The molecule has 0 saturated heterocycles. The van der Waals surface area contributed by atoms with E-state index in [-0.39, 0.29) is 0 Å². The summed E-state index contributed by atoms with van der Waals surface area (Å²) in [6.45, 7) is 1.08. The summed E-state index contributed by atoms with van der Waals surface area (Å²) in [4.78, 5) is 0. The molecule has 2 unspecified atom stereocenters. The lowest BCUT2D eigenvalue weighted by Crippen LogP contribution is -2.08. The first kappa shape index (κ1) is 11.5. The van der Waals surface area contributed by atoms with Crippen molar-refractivity contribution in [3.05, 3.63) is 95.8 Å². The number of fused-ring (bicyclic) bond motifs is 1. The third kappa shape index (κ3) is 1.78. The highest BCUT2D eigenvalue weighted by molar-refractivity contribution is 5.39. The third-order valence-electron chi connectivity index (χ3n) is 4.37. The number of hydrogen-bond donors (Lipinski definition) is 0. The van der Waals surface area contributed by atoms with Crippen LogP contribution in [-0.2, 0) is 6.54 Å². The Bertz CT molecular complexity index is 697. The smallest absolute Gasteiger partial charge is 0.0328 e. The van der Waals surface area contributed by atoms with E-state index >= 15 is 0 Å². The highest BCUT2D eigenvalue weighted by Gasteiger charge is 2.34. The van der Waals surface area contributed by atoms with E-state index in [1.165, 1.54) is 16.8 Å². The number of aromatic nitrogens is 1. The van der Waals surface area contributed by atoms with Gasteiger partial charge in [0, 0.05) is 30.3 Å². The maximum atomic E-state index is 2.40. The molecule has 3 aromatic rings. The number of nitrogens with zero attached hydrogens (tertiary/aromatic N) is 1. The van der Waals surface area contributed by atoms with Crippen molar-refractivity contribution in [2.45, 2.75) is 18.4 Å². The Morgan fingerprint density at radius 1 is 0.700 bits per heavy atom. The molecule has 0 bridgehead atoms. The molecule has 0 fully saturated rings. The summed E-state index contributed by atoms with van der Waals surface area (Å²) >= 11 is 0. The van der Waals surface area contributed by atoms with E-state index in [9.17, 15) is 0 Å². The molecule has 20 heavy (non-hydrogen) atoms. The molecular weight excluding hydrogens is 242 g/mol. The highest BCUT2D eigenvalue weighted by atomic mass is 15.0. The van der Waals surface area contributed by atoms with Crippen molar-refractivity contribution in [1.82, 2.24) is 4.57 Å². The summed E-state index contributed by atoms with van der Waals surface area (Å²) in [7, 11) is 0. The van der Waals surface area contributed by atoms with Crippen molar-refractivity contribution in [2.75, 3.05) is 0 Å². The van der Waals surface area contributed by atoms with Gasteiger partial charge < -0.3 is 4.57 Å². The van der Waals surface area contributed by atoms with Crippen LogP contribution in [0.3, 0.4) is 0 Å². The van der Waals surface area contributed by atoms with E-state index in [4.69, 9.17) is 0 Å². The van der Waals surface area contributed by atoms with Gasteiger partial charge in [0.1, 0.15) is 0 Å². The van der Waals surface area contributed by atoms with Crippen LogP contribution in [0.1, 0.15) is 28.7 Å².